The highest BCUT2D eigenvalue weighted by Crippen LogP contribution is 2.14. The lowest BCUT2D eigenvalue weighted by atomic mass is 10.3. The standard InChI is InChI=1S/C10H16N2O/c1-13-10-3-5-12(8-10)7-9-2-4-11-6-9/h2,4,6,10-11H,3,5,7-8H2,1H3/t10-/m1/s1. The first-order valence-corrected chi connectivity index (χ1v) is 4.75. The minimum atomic E-state index is 0.443. The van der Waals surface area contributed by atoms with Crippen molar-refractivity contribution in [1.29, 1.82) is 0 Å². The van der Waals surface area contributed by atoms with Gasteiger partial charge in [-0.1, -0.05) is 0 Å². The smallest absolute Gasteiger partial charge is 0.0710 e. The molecule has 1 atom stereocenters. The topological polar surface area (TPSA) is 28.3 Å². The summed E-state index contributed by atoms with van der Waals surface area (Å²) >= 11 is 0. The van der Waals surface area contributed by atoms with Crippen molar-refractivity contribution in [1.82, 2.24) is 9.88 Å². The molecule has 0 spiro atoms. The zero-order valence-electron chi connectivity index (χ0n) is 7.99. The Morgan fingerprint density at radius 2 is 2.62 bits per heavy atom. The zero-order chi connectivity index (χ0) is 9.10. The Bertz CT molecular complexity index is 245. The van der Waals surface area contributed by atoms with E-state index in [4.69, 9.17) is 4.74 Å². The second-order valence-electron chi connectivity index (χ2n) is 3.60. The van der Waals surface area contributed by atoms with Gasteiger partial charge in [-0.2, -0.15) is 0 Å². The number of rotatable bonds is 3. The van der Waals surface area contributed by atoms with Crippen LogP contribution in [-0.4, -0.2) is 36.2 Å². The zero-order valence-corrected chi connectivity index (χ0v) is 7.99. The predicted octanol–water partition coefficient (Wildman–Crippen LogP) is 1.24. The summed E-state index contributed by atoms with van der Waals surface area (Å²) in [4.78, 5) is 5.50. The van der Waals surface area contributed by atoms with Gasteiger partial charge in [0.25, 0.3) is 0 Å². The summed E-state index contributed by atoms with van der Waals surface area (Å²) < 4.78 is 5.31. The van der Waals surface area contributed by atoms with Crippen LogP contribution >= 0.6 is 0 Å². The van der Waals surface area contributed by atoms with Gasteiger partial charge in [-0.15, -0.1) is 0 Å². The second-order valence-corrected chi connectivity index (χ2v) is 3.60. The summed E-state index contributed by atoms with van der Waals surface area (Å²) in [5, 5.41) is 0. The van der Waals surface area contributed by atoms with Crippen LogP contribution in [0.1, 0.15) is 12.0 Å². The Morgan fingerprint density at radius 3 is 3.23 bits per heavy atom. The Labute approximate surface area is 78.7 Å². The molecule has 1 saturated heterocycles. The lowest BCUT2D eigenvalue weighted by Gasteiger charge is -2.14. The number of nitrogens with zero attached hydrogens (tertiary/aromatic N) is 1. The van der Waals surface area contributed by atoms with Crippen molar-refractivity contribution in [3.63, 3.8) is 0 Å². The second kappa shape index (κ2) is 3.94. The van der Waals surface area contributed by atoms with E-state index in [1.807, 2.05) is 6.20 Å². The van der Waals surface area contributed by atoms with Gasteiger partial charge in [-0.3, -0.25) is 4.90 Å². The van der Waals surface area contributed by atoms with Gasteiger partial charge >= 0.3 is 0 Å². The molecule has 72 valence electrons. The first-order chi connectivity index (χ1) is 6.38. The van der Waals surface area contributed by atoms with Crippen molar-refractivity contribution in [3.8, 4) is 0 Å². The molecule has 1 aliphatic rings. The van der Waals surface area contributed by atoms with E-state index in [0.717, 1.165) is 19.6 Å². The highest BCUT2D eigenvalue weighted by Gasteiger charge is 2.21. The van der Waals surface area contributed by atoms with Crippen LogP contribution in [-0.2, 0) is 11.3 Å². The number of ether oxygens (including phenoxy) is 1. The molecule has 0 saturated carbocycles. The van der Waals surface area contributed by atoms with Crippen LogP contribution in [0.2, 0.25) is 0 Å². The maximum Gasteiger partial charge on any atom is 0.0710 e. The van der Waals surface area contributed by atoms with E-state index >= 15 is 0 Å². The number of hydrogen-bond acceptors (Lipinski definition) is 2. The largest absolute Gasteiger partial charge is 0.380 e. The summed E-state index contributed by atoms with van der Waals surface area (Å²) in [7, 11) is 1.80. The molecular weight excluding hydrogens is 164 g/mol. The van der Waals surface area contributed by atoms with Gasteiger partial charge in [-0.25, -0.2) is 0 Å². The fourth-order valence-corrected chi connectivity index (χ4v) is 1.85. The molecule has 2 rings (SSSR count). The molecule has 2 heterocycles. The van der Waals surface area contributed by atoms with E-state index in [1.54, 1.807) is 7.11 Å². The molecule has 0 amide bonds. The number of methoxy groups -OCH3 is 1. The maximum absolute atomic E-state index is 5.31. The van der Waals surface area contributed by atoms with Crippen LogP contribution in [0, 0.1) is 0 Å². The van der Waals surface area contributed by atoms with Crippen LogP contribution in [0.3, 0.4) is 0 Å². The Kier molecular flexibility index (Phi) is 2.66. The summed E-state index contributed by atoms with van der Waals surface area (Å²) in [6, 6.07) is 2.13. The summed E-state index contributed by atoms with van der Waals surface area (Å²) in [6.45, 7) is 3.27. The Morgan fingerprint density at radius 1 is 1.69 bits per heavy atom. The van der Waals surface area contributed by atoms with Crippen molar-refractivity contribution in [2.45, 2.75) is 19.1 Å². The minimum Gasteiger partial charge on any atom is -0.380 e. The molecule has 0 radical (unpaired) electrons. The summed E-state index contributed by atoms with van der Waals surface area (Å²) in [6.07, 6.45) is 5.64. The number of likely N-dealkylation sites (tertiary alicyclic amines) is 1. The van der Waals surface area contributed by atoms with Gasteiger partial charge in [0.2, 0.25) is 0 Å². The molecule has 3 heteroatoms. The van der Waals surface area contributed by atoms with E-state index in [-0.39, 0.29) is 0 Å². The predicted molar refractivity (Wildman–Crippen MR) is 51.5 cm³/mol. The van der Waals surface area contributed by atoms with Crippen LogP contribution in [0.15, 0.2) is 18.5 Å². The van der Waals surface area contributed by atoms with Gasteiger partial charge in [-0.05, 0) is 18.1 Å². The normalized spacial score (nSPS) is 23.9. The molecule has 1 aromatic rings. The molecule has 1 aromatic heterocycles. The lowest BCUT2D eigenvalue weighted by molar-refractivity contribution is 0.107. The molecule has 1 fully saturated rings. The SMILES string of the molecule is CO[C@@H]1CCN(Cc2cc[nH]c2)C1. The number of H-pyrrole nitrogens is 1. The molecule has 1 aliphatic heterocycles. The van der Waals surface area contributed by atoms with Crippen LogP contribution in [0.4, 0.5) is 0 Å². The molecule has 0 bridgehead atoms. The van der Waals surface area contributed by atoms with Gasteiger partial charge in [0.05, 0.1) is 6.10 Å². The van der Waals surface area contributed by atoms with Crippen molar-refractivity contribution in [3.05, 3.63) is 24.0 Å². The highest BCUT2D eigenvalue weighted by atomic mass is 16.5. The minimum absolute atomic E-state index is 0.443. The number of aromatic nitrogens is 1. The van der Waals surface area contributed by atoms with Gasteiger partial charge < -0.3 is 9.72 Å². The fraction of sp³-hybridized carbons (Fsp3) is 0.600. The van der Waals surface area contributed by atoms with Gasteiger partial charge in [0.1, 0.15) is 0 Å². The molecule has 0 unspecified atom stereocenters. The van der Waals surface area contributed by atoms with Crippen LogP contribution < -0.4 is 0 Å². The van der Waals surface area contributed by atoms with Gasteiger partial charge in [0, 0.05) is 39.1 Å². The Balaban J connectivity index is 1.84. The monoisotopic (exact) mass is 180 g/mol. The van der Waals surface area contributed by atoms with Crippen molar-refractivity contribution >= 4 is 0 Å². The number of aromatic amines is 1. The Hall–Kier alpha value is -0.800. The third-order valence-corrected chi connectivity index (χ3v) is 2.63. The van der Waals surface area contributed by atoms with E-state index in [2.05, 4.69) is 22.1 Å². The molecule has 3 nitrogen and oxygen atoms in total. The van der Waals surface area contributed by atoms with E-state index in [9.17, 15) is 0 Å². The first kappa shape index (κ1) is 8.78. The van der Waals surface area contributed by atoms with E-state index in [0.29, 0.717) is 6.10 Å². The van der Waals surface area contributed by atoms with Crippen LogP contribution in [0.5, 0.6) is 0 Å². The molecule has 0 aliphatic carbocycles. The quantitative estimate of drug-likeness (QED) is 0.758. The van der Waals surface area contributed by atoms with Crippen molar-refractivity contribution in [2.24, 2.45) is 0 Å². The summed E-state index contributed by atoms with van der Waals surface area (Å²) in [5.74, 6) is 0. The van der Waals surface area contributed by atoms with Gasteiger partial charge in [0.15, 0.2) is 0 Å². The van der Waals surface area contributed by atoms with E-state index < -0.39 is 0 Å². The molecule has 13 heavy (non-hydrogen) atoms. The van der Waals surface area contributed by atoms with Crippen molar-refractivity contribution < 1.29 is 4.74 Å². The molecular formula is C10H16N2O. The van der Waals surface area contributed by atoms with Crippen molar-refractivity contribution in [2.75, 3.05) is 20.2 Å². The lowest BCUT2D eigenvalue weighted by Crippen LogP contribution is -2.22. The third kappa shape index (κ3) is 2.11. The highest BCUT2D eigenvalue weighted by molar-refractivity contribution is 5.08. The number of hydrogen-bond donors (Lipinski definition) is 1. The fourth-order valence-electron chi connectivity index (χ4n) is 1.85. The summed E-state index contributed by atoms with van der Waals surface area (Å²) in [5.41, 5.74) is 1.36. The molecule has 1 N–H and O–H groups in total. The van der Waals surface area contributed by atoms with E-state index in [1.165, 1.54) is 12.0 Å². The molecule has 0 aromatic carbocycles. The average molecular weight is 180 g/mol. The third-order valence-electron chi connectivity index (χ3n) is 2.63. The maximum atomic E-state index is 5.31. The first-order valence-electron chi connectivity index (χ1n) is 4.75. The van der Waals surface area contributed by atoms with Crippen LogP contribution in [0.25, 0.3) is 0 Å². The average Bonchev–Trinajstić information content (AvgIpc) is 2.76. The number of nitrogens with one attached hydrogen (secondary N) is 1.